The second-order valence-corrected chi connectivity index (χ2v) is 10.5. The van der Waals surface area contributed by atoms with E-state index in [1.165, 1.54) is 11.8 Å². The Labute approximate surface area is 248 Å². The fourth-order valence-electron chi connectivity index (χ4n) is 4.07. The summed E-state index contributed by atoms with van der Waals surface area (Å²) in [4.78, 5) is 39.4. The Morgan fingerprint density at radius 2 is 1.48 bits per heavy atom. The molecule has 8 nitrogen and oxygen atoms in total. The summed E-state index contributed by atoms with van der Waals surface area (Å²) in [6, 6.07) is 28.8. The Morgan fingerprint density at radius 1 is 0.786 bits per heavy atom. The van der Waals surface area contributed by atoms with Gasteiger partial charge in [-0.05, 0) is 67.1 Å². The van der Waals surface area contributed by atoms with Crippen molar-refractivity contribution >= 4 is 46.9 Å². The lowest BCUT2D eigenvalue weighted by molar-refractivity contribution is -0.114. The van der Waals surface area contributed by atoms with Gasteiger partial charge in [0.1, 0.15) is 18.9 Å². The zero-order valence-corrected chi connectivity index (χ0v) is 23.7. The fourth-order valence-corrected chi connectivity index (χ4v) is 4.77. The molecule has 3 amide bonds. The van der Waals surface area contributed by atoms with Crippen LogP contribution >= 0.6 is 11.8 Å². The van der Waals surface area contributed by atoms with Gasteiger partial charge in [-0.2, -0.15) is 0 Å². The van der Waals surface area contributed by atoms with E-state index in [9.17, 15) is 14.4 Å². The summed E-state index contributed by atoms with van der Waals surface area (Å²) in [6.07, 6.45) is 1.64. The predicted octanol–water partition coefficient (Wildman–Crippen LogP) is 5.91. The molecule has 5 rings (SSSR count). The summed E-state index contributed by atoms with van der Waals surface area (Å²) in [7, 11) is 0. The van der Waals surface area contributed by atoms with Gasteiger partial charge in [-0.1, -0.05) is 48.0 Å². The highest BCUT2D eigenvalue weighted by atomic mass is 32.2. The normalized spacial score (nSPS) is 12.3. The molecule has 1 heterocycles. The van der Waals surface area contributed by atoms with Gasteiger partial charge in [0.05, 0.1) is 5.75 Å². The summed E-state index contributed by atoms with van der Waals surface area (Å²) in [6.45, 7) is 2.96. The van der Waals surface area contributed by atoms with Gasteiger partial charge >= 0.3 is 0 Å². The maximum Gasteiger partial charge on any atom is 0.272 e. The molecule has 0 unspecified atom stereocenters. The number of rotatable bonds is 9. The van der Waals surface area contributed by atoms with Crippen LogP contribution < -0.4 is 25.4 Å². The van der Waals surface area contributed by atoms with Crippen LogP contribution in [-0.4, -0.2) is 36.7 Å². The maximum absolute atomic E-state index is 13.2. The van der Waals surface area contributed by atoms with Gasteiger partial charge in [0, 0.05) is 27.9 Å². The zero-order chi connectivity index (χ0) is 29.3. The molecule has 1 aliphatic rings. The quantitative estimate of drug-likeness (QED) is 0.168. The monoisotopic (exact) mass is 579 g/mol. The first kappa shape index (κ1) is 28.5. The molecule has 0 radical (unpaired) electrons. The molecule has 0 saturated carbocycles. The van der Waals surface area contributed by atoms with Gasteiger partial charge in [-0.3, -0.25) is 14.4 Å². The first-order valence-corrected chi connectivity index (χ1v) is 14.3. The van der Waals surface area contributed by atoms with Crippen LogP contribution in [0.1, 0.15) is 21.5 Å². The number of carbonyl (C=O) groups is 3. The van der Waals surface area contributed by atoms with Crippen LogP contribution in [0.4, 0.5) is 11.4 Å². The van der Waals surface area contributed by atoms with E-state index >= 15 is 0 Å². The maximum atomic E-state index is 13.2. The van der Waals surface area contributed by atoms with Crippen molar-refractivity contribution < 1.29 is 23.9 Å². The van der Waals surface area contributed by atoms with Crippen LogP contribution in [0.2, 0.25) is 0 Å². The topological polar surface area (TPSA) is 106 Å². The van der Waals surface area contributed by atoms with Crippen molar-refractivity contribution in [3.05, 3.63) is 119 Å². The largest absolute Gasteiger partial charge is 0.486 e. The molecule has 0 saturated heterocycles. The smallest absolute Gasteiger partial charge is 0.272 e. The Morgan fingerprint density at radius 3 is 2.21 bits per heavy atom. The number of ether oxygens (including phenoxy) is 2. The summed E-state index contributed by atoms with van der Waals surface area (Å²) in [5, 5.41) is 8.46. The molecule has 3 N–H and O–H groups in total. The Balaban J connectivity index is 1.19. The van der Waals surface area contributed by atoms with E-state index in [1.807, 2.05) is 49.4 Å². The Hall–Kier alpha value is -5.02. The van der Waals surface area contributed by atoms with E-state index in [1.54, 1.807) is 60.7 Å². The lowest BCUT2D eigenvalue weighted by Gasteiger charge is -2.19. The number of nitrogens with one attached hydrogen (secondary N) is 3. The second kappa shape index (κ2) is 13.6. The molecule has 4 aromatic carbocycles. The molecule has 0 aromatic heterocycles. The minimum atomic E-state index is -0.459. The highest BCUT2D eigenvalue weighted by Crippen LogP contribution is 2.32. The van der Waals surface area contributed by atoms with Gasteiger partial charge in [0.15, 0.2) is 11.5 Å². The van der Waals surface area contributed by atoms with Crippen molar-refractivity contribution in [2.24, 2.45) is 0 Å². The molecule has 0 atom stereocenters. The van der Waals surface area contributed by atoms with Crippen molar-refractivity contribution in [1.82, 2.24) is 5.32 Å². The number of amides is 3. The van der Waals surface area contributed by atoms with E-state index in [0.717, 1.165) is 16.0 Å². The van der Waals surface area contributed by atoms with Crippen LogP contribution in [0.15, 0.2) is 108 Å². The van der Waals surface area contributed by atoms with Crippen molar-refractivity contribution in [2.75, 3.05) is 29.6 Å². The van der Waals surface area contributed by atoms with Crippen LogP contribution in [0, 0.1) is 6.92 Å². The van der Waals surface area contributed by atoms with E-state index in [0.29, 0.717) is 41.7 Å². The van der Waals surface area contributed by atoms with Crippen molar-refractivity contribution in [2.45, 2.75) is 11.8 Å². The molecule has 4 aromatic rings. The number of thioether (sulfide) groups is 1. The molecule has 0 fully saturated rings. The van der Waals surface area contributed by atoms with Gasteiger partial charge in [0.25, 0.3) is 11.8 Å². The molecule has 212 valence electrons. The number of anilines is 2. The number of hydrogen-bond acceptors (Lipinski definition) is 6. The third-order valence-electron chi connectivity index (χ3n) is 6.23. The SMILES string of the molecule is Cc1ccc(C=C(NC(=O)c2ccccc2)C(=O)Nc2ccc(SCC(=O)Nc3ccc4c(c3)OCCO4)cc2)cc1. The average Bonchev–Trinajstić information content (AvgIpc) is 3.01. The summed E-state index contributed by atoms with van der Waals surface area (Å²) in [5.41, 5.74) is 3.61. The third kappa shape index (κ3) is 7.80. The zero-order valence-electron chi connectivity index (χ0n) is 22.9. The van der Waals surface area contributed by atoms with Gasteiger partial charge < -0.3 is 25.4 Å². The number of carbonyl (C=O) groups excluding carboxylic acids is 3. The molecule has 0 aliphatic carbocycles. The molecule has 0 spiro atoms. The number of hydrogen-bond donors (Lipinski definition) is 3. The standard InChI is InChI=1S/C33H29N3O5S/c1-22-7-9-23(10-8-22)19-28(36-32(38)24-5-3-2-4-6-24)33(39)35-25-11-14-27(15-12-25)42-21-31(37)34-26-13-16-29-30(20-26)41-18-17-40-29/h2-16,19-20H,17-18,21H2,1H3,(H,34,37)(H,35,39)(H,36,38). The highest BCUT2D eigenvalue weighted by molar-refractivity contribution is 8.00. The number of fused-ring (bicyclic) bond motifs is 1. The first-order valence-electron chi connectivity index (χ1n) is 13.3. The summed E-state index contributed by atoms with van der Waals surface area (Å²) in [5.74, 6) is 0.478. The lowest BCUT2D eigenvalue weighted by atomic mass is 10.1. The van der Waals surface area contributed by atoms with Crippen LogP contribution in [-0.2, 0) is 9.59 Å². The lowest BCUT2D eigenvalue weighted by Crippen LogP contribution is -2.30. The Bertz CT molecular complexity index is 1600. The summed E-state index contributed by atoms with van der Waals surface area (Å²) >= 11 is 1.37. The Kier molecular flexibility index (Phi) is 9.20. The second-order valence-electron chi connectivity index (χ2n) is 9.46. The van der Waals surface area contributed by atoms with Gasteiger partial charge in [-0.25, -0.2) is 0 Å². The van der Waals surface area contributed by atoms with Gasteiger partial charge in [0.2, 0.25) is 5.91 Å². The highest BCUT2D eigenvalue weighted by Gasteiger charge is 2.16. The van der Waals surface area contributed by atoms with E-state index < -0.39 is 5.91 Å². The summed E-state index contributed by atoms with van der Waals surface area (Å²) < 4.78 is 11.1. The first-order chi connectivity index (χ1) is 20.4. The number of benzene rings is 4. The van der Waals surface area contributed by atoms with Crippen LogP contribution in [0.25, 0.3) is 6.08 Å². The van der Waals surface area contributed by atoms with Crippen molar-refractivity contribution in [3.8, 4) is 11.5 Å². The van der Waals surface area contributed by atoms with Crippen molar-refractivity contribution in [1.29, 1.82) is 0 Å². The van der Waals surface area contributed by atoms with Crippen LogP contribution in [0.5, 0.6) is 11.5 Å². The fraction of sp³-hybridized carbons (Fsp3) is 0.121. The van der Waals surface area contributed by atoms with Crippen molar-refractivity contribution in [3.63, 3.8) is 0 Å². The average molecular weight is 580 g/mol. The van der Waals surface area contributed by atoms with E-state index in [2.05, 4.69) is 16.0 Å². The van der Waals surface area contributed by atoms with E-state index in [4.69, 9.17) is 9.47 Å². The molecular weight excluding hydrogens is 550 g/mol. The predicted molar refractivity (Wildman–Crippen MR) is 165 cm³/mol. The minimum Gasteiger partial charge on any atom is -0.486 e. The third-order valence-corrected chi connectivity index (χ3v) is 7.24. The molecule has 1 aliphatic heterocycles. The molecule has 42 heavy (non-hydrogen) atoms. The van der Waals surface area contributed by atoms with Crippen LogP contribution in [0.3, 0.4) is 0 Å². The van der Waals surface area contributed by atoms with E-state index in [-0.39, 0.29) is 23.3 Å². The number of aryl methyl sites for hydroxylation is 1. The molecular formula is C33H29N3O5S. The molecule has 0 bridgehead atoms. The minimum absolute atomic E-state index is 0.113. The molecule has 9 heteroatoms. The van der Waals surface area contributed by atoms with Gasteiger partial charge in [-0.15, -0.1) is 11.8 Å².